The first-order valence-corrected chi connectivity index (χ1v) is 39.9. The molecule has 0 bridgehead atoms. The molecule has 20 nitrogen and oxygen atoms in total. The number of carbonyl (C=O) groups excluding carboxylic acids is 4. The molecule has 6 atom stereocenters. The van der Waals surface area contributed by atoms with Gasteiger partial charge >= 0.3 is 23.9 Å². The van der Waals surface area contributed by atoms with Crippen LogP contribution in [0.4, 0.5) is 0 Å². The number of rotatable bonds is 40. The summed E-state index contributed by atoms with van der Waals surface area (Å²) in [7, 11) is 6.70. The zero-order valence-electron chi connectivity index (χ0n) is 72.0. The normalized spacial score (nSPS) is 12.5. The monoisotopic (exact) mass is 1600 g/mol. The molecular formula is C96H126O20. The second-order valence-corrected chi connectivity index (χ2v) is 29.5. The number of aromatic hydroxyl groups is 1. The van der Waals surface area contributed by atoms with Gasteiger partial charge in [-0.25, -0.2) is 9.59 Å². The lowest BCUT2D eigenvalue weighted by Gasteiger charge is -2.29. The van der Waals surface area contributed by atoms with Gasteiger partial charge in [0.15, 0.2) is 0 Å². The van der Waals surface area contributed by atoms with E-state index >= 15 is 0 Å². The van der Waals surface area contributed by atoms with Crippen LogP contribution in [0, 0.1) is 13.8 Å². The van der Waals surface area contributed by atoms with Crippen molar-refractivity contribution in [3.8, 4) is 40.2 Å². The molecule has 0 aliphatic carbocycles. The molecule has 0 aromatic heterocycles. The lowest BCUT2D eigenvalue weighted by molar-refractivity contribution is -0.142. The zero-order chi connectivity index (χ0) is 85.6. The number of aliphatic hydroxyl groups excluding tert-OH is 2. The first kappa shape index (κ1) is 96.5. The summed E-state index contributed by atoms with van der Waals surface area (Å²) in [5, 5.41) is 29.0. The number of hydrogen-bond acceptors (Lipinski definition) is 20. The van der Waals surface area contributed by atoms with Crippen molar-refractivity contribution < 1.29 is 96.1 Å². The fourth-order valence-electron chi connectivity index (χ4n) is 12.3. The van der Waals surface area contributed by atoms with Crippen LogP contribution >= 0.6 is 0 Å². The third-order valence-electron chi connectivity index (χ3n) is 19.9. The molecule has 6 unspecified atom stereocenters. The Balaban J connectivity index is 0.000000277. The summed E-state index contributed by atoms with van der Waals surface area (Å²) >= 11 is 0. The Morgan fingerprint density at radius 1 is 0.431 bits per heavy atom. The molecule has 0 saturated carbocycles. The van der Waals surface area contributed by atoms with Crippen molar-refractivity contribution in [1.82, 2.24) is 0 Å². The quantitative estimate of drug-likeness (QED) is 0.0140. The van der Waals surface area contributed by atoms with Gasteiger partial charge in [0.1, 0.15) is 92.1 Å². The van der Waals surface area contributed by atoms with Gasteiger partial charge in [-0.2, -0.15) is 0 Å². The summed E-state index contributed by atoms with van der Waals surface area (Å²) in [5.41, 5.74) is 14.2. The van der Waals surface area contributed by atoms with Crippen LogP contribution in [0.3, 0.4) is 0 Å². The molecule has 8 rings (SSSR count). The SMILES string of the molecule is C=Cc1cc(COC)c(OCCOC(=O)c2ccc(C(C)CC)cc2)c(COC)c1.CCC(C)c1ccc(C(=O)Oc2c(CO)cc(C)cc2CO)cc1.CCC(C)c1ccc(OC(C)(C)COc2c(C(C)OC)cc(C)cc2C(C)OC)cc1.CCC(C)c1ccc(OCCOc2c(COC(C)=O)cc(O)cc2COC(C)=O)cc1. The maximum Gasteiger partial charge on any atom is 0.343 e. The number of hydrogen-bond donors (Lipinski definition) is 3. The van der Waals surface area contributed by atoms with Crippen molar-refractivity contribution in [2.75, 3.05) is 61.5 Å². The fraction of sp³-hybridized carbons (Fsp3) is 0.438. The van der Waals surface area contributed by atoms with Gasteiger partial charge in [0.2, 0.25) is 0 Å². The highest BCUT2D eigenvalue weighted by Gasteiger charge is 2.27. The van der Waals surface area contributed by atoms with E-state index in [1.165, 1.54) is 48.2 Å². The van der Waals surface area contributed by atoms with E-state index in [9.17, 15) is 34.5 Å². The number of phenols is 1. The fourth-order valence-corrected chi connectivity index (χ4v) is 12.3. The van der Waals surface area contributed by atoms with Gasteiger partial charge in [-0.3, -0.25) is 9.59 Å². The van der Waals surface area contributed by atoms with Crippen molar-refractivity contribution in [3.05, 3.63) is 247 Å². The van der Waals surface area contributed by atoms with Crippen molar-refractivity contribution >= 4 is 30.0 Å². The second-order valence-electron chi connectivity index (χ2n) is 29.5. The Bertz CT molecular complexity index is 4210. The molecule has 0 radical (unpaired) electrons. The number of methoxy groups -OCH3 is 4. The Labute approximate surface area is 688 Å². The summed E-state index contributed by atoms with van der Waals surface area (Å²) in [6, 6.07) is 45.9. The zero-order valence-corrected chi connectivity index (χ0v) is 72.0. The third-order valence-corrected chi connectivity index (χ3v) is 19.9. The topological polar surface area (TPSA) is 249 Å². The molecule has 3 N–H and O–H groups in total. The highest BCUT2D eigenvalue weighted by Crippen LogP contribution is 2.39. The minimum Gasteiger partial charge on any atom is -0.508 e. The first-order chi connectivity index (χ1) is 55.4. The molecule has 0 aliphatic rings. The number of benzene rings is 8. The second kappa shape index (κ2) is 49.8. The van der Waals surface area contributed by atoms with Crippen LogP contribution in [-0.2, 0) is 82.4 Å². The molecule has 116 heavy (non-hydrogen) atoms. The Kier molecular flexibility index (Phi) is 41.4. The van der Waals surface area contributed by atoms with Gasteiger partial charge in [0, 0.05) is 86.8 Å². The van der Waals surface area contributed by atoms with Crippen molar-refractivity contribution in [2.24, 2.45) is 0 Å². The van der Waals surface area contributed by atoms with E-state index in [0.717, 1.165) is 81.9 Å². The molecule has 0 spiro atoms. The van der Waals surface area contributed by atoms with Crippen LogP contribution in [0.25, 0.3) is 6.08 Å². The van der Waals surface area contributed by atoms with Crippen LogP contribution in [0.5, 0.6) is 40.2 Å². The van der Waals surface area contributed by atoms with E-state index in [4.69, 9.17) is 61.6 Å². The number of esters is 4. The highest BCUT2D eigenvalue weighted by molar-refractivity contribution is 5.91. The van der Waals surface area contributed by atoms with Crippen LogP contribution in [0.1, 0.15) is 263 Å². The maximum absolute atomic E-state index is 12.4. The lowest BCUT2D eigenvalue weighted by Crippen LogP contribution is -2.36. The van der Waals surface area contributed by atoms with Crippen molar-refractivity contribution in [3.63, 3.8) is 0 Å². The average Bonchev–Trinajstić information content (AvgIpc) is 0.790. The molecule has 8 aromatic carbocycles. The minimum atomic E-state index is -0.510. The Morgan fingerprint density at radius 2 is 0.802 bits per heavy atom. The van der Waals surface area contributed by atoms with Crippen LogP contribution in [0.15, 0.2) is 152 Å². The van der Waals surface area contributed by atoms with E-state index in [-0.39, 0.29) is 82.5 Å². The summed E-state index contributed by atoms with van der Waals surface area (Å²) in [6.07, 6.45) is 5.89. The third kappa shape index (κ3) is 30.9. The van der Waals surface area contributed by atoms with Crippen LogP contribution in [-0.4, -0.2) is 106 Å². The number of aliphatic hydroxyl groups is 2. The molecule has 8 aromatic rings. The first-order valence-electron chi connectivity index (χ1n) is 39.9. The molecular weight excluding hydrogens is 1470 g/mol. The van der Waals surface area contributed by atoms with E-state index in [0.29, 0.717) is 88.4 Å². The molecule has 0 heterocycles. The number of carbonyl (C=O) groups is 4. The van der Waals surface area contributed by atoms with Crippen LogP contribution < -0.4 is 28.4 Å². The Morgan fingerprint density at radius 3 is 1.18 bits per heavy atom. The van der Waals surface area contributed by atoms with Crippen molar-refractivity contribution in [2.45, 2.75) is 218 Å². The van der Waals surface area contributed by atoms with Gasteiger partial charge < -0.3 is 76.9 Å². The number of ether oxygens (including phenoxy) is 13. The standard InChI is InChI=1S/C27H40O4.C25H32O5.C24H30O7.C20H24O4/c1-10-19(3)22-11-13-23(14-12-22)31-27(6,7)17-30-26-24(20(4)28-8)15-18(2)16-25(26)21(5)29-9;1-6-18(3)20-8-10-21(11-9-20)25(26)30-13-12-29-24-22(16-27-4)14-19(7-2)15-23(24)17-28-5;1-5-16(2)19-6-8-23(9-7-19)28-10-11-29-24-20(14-30-17(3)25)12-22(27)13-21(24)15-31-18(4)26;1-4-14(3)15-5-7-16(8-6-15)20(23)24-19-17(11-21)9-13(2)10-18(19)12-22/h11-16,19-21H,10,17H2,1-9H3;7-11,14-15,18H,2,6,12-13,16-17H2,1,3-5H3;6-9,12-13,16,27H,5,10-11,14-15H2,1-4H3;5-10,14,21-22H,4,11-12H2,1-3H3. The van der Waals surface area contributed by atoms with Gasteiger partial charge in [-0.1, -0.05) is 140 Å². The van der Waals surface area contributed by atoms with E-state index in [1.807, 2.05) is 107 Å². The predicted octanol–water partition coefficient (Wildman–Crippen LogP) is 20.7. The van der Waals surface area contributed by atoms with Gasteiger partial charge in [0.05, 0.1) is 49.8 Å². The predicted molar refractivity (Wildman–Crippen MR) is 455 cm³/mol. The smallest absolute Gasteiger partial charge is 0.343 e. The van der Waals surface area contributed by atoms with E-state index in [2.05, 4.69) is 105 Å². The Hall–Kier alpha value is -10.1. The average molecular weight is 1600 g/mol. The maximum atomic E-state index is 12.4. The summed E-state index contributed by atoms with van der Waals surface area (Å²) in [6.45, 7) is 37.3. The summed E-state index contributed by atoms with van der Waals surface area (Å²) in [5.74, 6) is 3.86. The summed E-state index contributed by atoms with van der Waals surface area (Å²) in [4.78, 5) is 47.1. The number of aryl methyl sites for hydroxylation is 2. The molecule has 20 heteroatoms. The summed E-state index contributed by atoms with van der Waals surface area (Å²) < 4.78 is 73.0. The molecule has 0 fully saturated rings. The van der Waals surface area contributed by atoms with Gasteiger partial charge in [-0.05, 0) is 204 Å². The highest BCUT2D eigenvalue weighted by atomic mass is 16.6. The number of phenolic OH excluding ortho intramolecular Hbond substituents is 1. The minimum absolute atomic E-state index is 0.0469. The van der Waals surface area contributed by atoms with Crippen molar-refractivity contribution in [1.29, 1.82) is 0 Å². The van der Waals surface area contributed by atoms with Gasteiger partial charge in [0.25, 0.3) is 0 Å². The van der Waals surface area contributed by atoms with E-state index in [1.54, 1.807) is 58.8 Å². The molecule has 0 saturated heterocycles. The lowest BCUT2D eigenvalue weighted by atomic mass is 9.98. The molecule has 0 amide bonds. The largest absolute Gasteiger partial charge is 0.508 e. The molecule has 0 aliphatic heterocycles. The van der Waals surface area contributed by atoms with E-state index < -0.39 is 23.5 Å². The molecule has 630 valence electrons. The van der Waals surface area contributed by atoms with Gasteiger partial charge in [-0.15, -0.1) is 0 Å². The van der Waals surface area contributed by atoms with Crippen LogP contribution in [0.2, 0.25) is 0 Å².